The van der Waals surface area contributed by atoms with Crippen molar-refractivity contribution >= 4 is 46.3 Å². The lowest BCUT2D eigenvalue weighted by Crippen LogP contribution is -2.21. The third-order valence-corrected chi connectivity index (χ3v) is 4.45. The third kappa shape index (κ3) is 6.94. The maximum atomic E-state index is 12.2. The van der Waals surface area contributed by atoms with Crippen molar-refractivity contribution < 1.29 is 14.3 Å². The average molecular weight is 434 g/mol. The Balaban J connectivity index is 1.48. The van der Waals surface area contributed by atoms with Crippen LogP contribution >= 0.6 is 12.2 Å². The molecule has 0 atom stereocenters. The number of nitrogens with one attached hydrogen (secondary N) is 3. The summed E-state index contributed by atoms with van der Waals surface area (Å²) in [4.78, 5) is 24.3. The molecule has 3 aromatic rings. The number of para-hydroxylation sites is 1. The minimum absolute atomic E-state index is 0.340. The topological polar surface area (TPSA) is 79.5 Å². The van der Waals surface area contributed by atoms with Gasteiger partial charge in [-0.3, -0.25) is 4.79 Å². The molecule has 3 N–H and O–H groups in total. The number of thiocarbonyl (C=S) groups is 1. The van der Waals surface area contributed by atoms with Crippen LogP contribution in [0.4, 0.5) is 17.1 Å². The number of anilines is 3. The van der Waals surface area contributed by atoms with Crippen LogP contribution in [0.15, 0.2) is 72.8 Å². The molecular formula is C24H23N3O3S. The van der Waals surface area contributed by atoms with E-state index < -0.39 is 11.9 Å². The van der Waals surface area contributed by atoms with Crippen LogP contribution in [0.2, 0.25) is 0 Å². The lowest BCUT2D eigenvalue weighted by atomic mass is 10.1. The molecule has 1 amide bonds. The minimum Gasteiger partial charge on any atom is -0.452 e. The van der Waals surface area contributed by atoms with Crippen LogP contribution in [0.3, 0.4) is 0 Å². The zero-order valence-corrected chi connectivity index (χ0v) is 18.1. The smallest absolute Gasteiger partial charge is 0.338 e. The van der Waals surface area contributed by atoms with E-state index in [1.807, 2.05) is 62.4 Å². The quantitative estimate of drug-likeness (QED) is 0.379. The summed E-state index contributed by atoms with van der Waals surface area (Å²) in [6.45, 7) is 3.54. The number of carbonyl (C=O) groups is 2. The highest BCUT2D eigenvalue weighted by Gasteiger charge is 2.11. The molecule has 0 aliphatic rings. The van der Waals surface area contributed by atoms with Crippen molar-refractivity contribution in [1.82, 2.24) is 0 Å². The fraction of sp³-hybridized carbons (Fsp3) is 0.125. The van der Waals surface area contributed by atoms with Crippen molar-refractivity contribution in [3.8, 4) is 0 Å². The van der Waals surface area contributed by atoms with Gasteiger partial charge < -0.3 is 20.7 Å². The first-order valence-electron chi connectivity index (χ1n) is 9.67. The van der Waals surface area contributed by atoms with E-state index in [2.05, 4.69) is 16.0 Å². The molecule has 0 spiro atoms. The van der Waals surface area contributed by atoms with Gasteiger partial charge in [0.05, 0.1) is 5.56 Å². The predicted octanol–water partition coefficient (Wildman–Crippen LogP) is 4.91. The number of amides is 1. The monoisotopic (exact) mass is 433 g/mol. The van der Waals surface area contributed by atoms with Gasteiger partial charge in [0.25, 0.3) is 5.91 Å². The van der Waals surface area contributed by atoms with Gasteiger partial charge in [-0.05, 0) is 85.7 Å². The highest BCUT2D eigenvalue weighted by molar-refractivity contribution is 7.80. The van der Waals surface area contributed by atoms with Gasteiger partial charge >= 0.3 is 5.97 Å². The maximum absolute atomic E-state index is 12.2. The van der Waals surface area contributed by atoms with Gasteiger partial charge in [0.2, 0.25) is 0 Å². The Morgan fingerprint density at radius 2 is 1.35 bits per heavy atom. The van der Waals surface area contributed by atoms with Crippen molar-refractivity contribution in [1.29, 1.82) is 0 Å². The van der Waals surface area contributed by atoms with E-state index in [1.165, 1.54) is 0 Å². The normalized spacial score (nSPS) is 10.1. The highest BCUT2D eigenvalue weighted by Crippen LogP contribution is 2.14. The molecule has 0 fully saturated rings. The zero-order chi connectivity index (χ0) is 22.2. The van der Waals surface area contributed by atoms with Crippen LogP contribution in [0.25, 0.3) is 0 Å². The molecule has 0 bridgehead atoms. The van der Waals surface area contributed by atoms with Crippen molar-refractivity contribution in [3.05, 3.63) is 89.5 Å². The molecule has 158 valence electrons. The van der Waals surface area contributed by atoms with Crippen LogP contribution in [0.1, 0.15) is 21.5 Å². The molecular weight excluding hydrogens is 410 g/mol. The second-order valence-electron chi connectivity index (χ2n) is 7.02. The molecule has 0 aliphatic carbocycles. The van der Waals surface area contributed by atoms with Gasteiger partial charge in [0.1, 0.15) is 0 Å². The molecule has 3 rings (SSSR count). The van der Waals surface area contributed by atoms with Crippen molar-refractivity contribution in [2.45, 2.75) is 13.8 Å². The number of esters is 1. The summed E-state index contributed by atoms with van der Waals surface area (Å²) in [5, 5.41) is 9.29. The molecule has 0 saturated heterocycles. The number of aryl methyl sites for hydroxylation is 2. The standard InChI is InChI=1S/C24H23N3O3S/c1-16-12-17(2)14-21(13-16)25-22(28)15-30-23(29)18-8-10-20(11-9-18)27-24(31)26-19-6-4-3-5-7-19/h3-14H,15H2,1-2H3,(H,25,28)(H2,26,27,31). The average Bonchev–Trinajstić information content (AvgIpc) is 2.72. The molecule has 0 saturated carbocycles. The first kappa shape index (κ1) is 22.0. The van der Waals surface area contributed by atoms with E-state index in [4.69, 9.17) is 17.0 Å². The Morgan fingerprint density at radius 3 is 1.97 bits per heavy atom. The summed E-state index contributed by atoms with van der Waals surface area (Å²) in [5.41, 5.74) is 4.69. The molecule has 6 nitrogen and oxygen atoms in total. The van der Waals surface area contributed by atoms with E-state index in [9.17, 15) is 9.59 Å². The first-order chi connectivity index (χ1) is 14.9. The first-order valence-corrected chi connectivity index (χ1v) is 10.1. The lowest BCUT2D eigenvalue weighted by Gasteiger charge is -2.11. The molecule has 0 aliphatic heterocycles. The number of rotatable bonds is 6. The second kappa shape index (κ2) is 10.4. The van der Waals surface area contributed by atoms with Crippen LogP contribution < -0.4 is 16.0 Å². The molecule has 0 aromatic heterocycles. The van der Waals surface area contributed by atoms with Crippen LogP contribution in [0.5, 0.6) is 0 Å². The fourth-order valence-corrected chi connectivity index (χ4v) is 3.20. The molecule has 7 heteroatoms. The molecule has 0 unspecified atom stereocenters. The Bertz CT molecular complexity index is 1060. The Hall–Kier alpha value is -3.71. The van der Waals surface area contributed by atoms with Crippen LogP contribution in [0, 0.1) is 13.8 Å². The molecule has 0 heterocycles. The Labute approximate surface area is 186 Å². The Morgan fingerprint density at radius 1 is 0.774 bits per heavy atom. The van der Waals surface area contributed by atoms with Crippen molar-refractivity contribution in [3.63, 3.8) is 0 Å². The summed E-state index contributed by atoms with van der Waals surface area (Å²) < 4.78 is 5.11. The largest absolute Gasteiger partial charge is 0.452 e. The van der Waals surface area contributed by atoms with Crippen molar-refractivity contribution in [2.75, 3.05) is 22.6 Å². The fourth-order valence-electron chi connectivity index (χ4n) is 2.96. The van der Waals surface area contributed by atoms with E-state index in [0.29, 0.717) is 16.4 Å². The SMILES string of the molecule is Cc1cc(C)cc(NC(=O)COC(=O)c2ccc(NC(=S)Nc3ccccc3)cc2)c1. The molecule has 31 heavy (non-hydrogen) atoms. The number of hydrogen-bond donors (Lipinski definition) is 3. The predicted molar refractivity (Wildman–Crippen MR) is 128 cm³/mol. The van der Waals surface area contributed by atoms with Crippen LogP contribution in [-0.2, 0) is 9.53 Å². The lowest BCUT2D eigenvalue weighted by molar-refractivity contribution is -0.119. The third-order valence-electron chi connectivity index (χ3n) is 4.25. The van der Waals surface area contributed by atoms with Gasteiger partial charge in [-0.25, -0.2) is 4.79 Å². The summed E-state index contributed by atoms with van der Waals surface area (Å²) in [7, 11) is 0. The van der Waals surface area contributed by atoms with E-state index in [-0.39, 0.29) is 6.61 Å². The van der Waals surface area contributed by atoms with E-state index >= 15 is 0 Å². The summed E-state index contributed by atoms with van der Waals surface area (Å²) in [5.74, 6) is -0.971. The Kier molecular flexibility index (Phi) is 7.35. The number of hydrogen-bond acceptors (Lipinski definition) is 4. The van der Waals surface area contributed by atoms with Crippen LogP contribution in [-0.4, -0.2) is 23.6 Å². The van der Waals surface area contributed by atoms with E-state index in [0.717, 1.165) is 22.5 Å². The van der Waals surface area contributed by atoms with Gasteiger partial charge in [0, 0.05) is 17.1 Å². The van der Waals surface area contributed by atoms with Crippen molar-refractivity contribution in [2.24, 2.45) is 0 Å². The summed E-state index contributed by atoms with van der Waals surface area (Å²) >= 11 is 5.28. The number of carbonyl (C=O) groups excluding carboxylic acids is 2. The number of ether oxygens (including phenoxy) is 1. The van der Waals surface area contributed by atoms with Gasteiger partial charge in [-0.2, -0.15) is 0 Å². The maximum Gasteiger partial charge on any atom is 0.338 e. The molecule has 3 aromatic carbocycles. The van der Waals surface area contributed by atoms with Gasteiger partial charge in [0.15, 0.2) is 11.7 Å². The van der Waals surface area contributed by atoms with E-state index in [1.54, 1.807) is 24.3 Å². The van der Waals surface area contributed by atoms with Gasteiger partial charge in [-0.1, -0.05) is 24.3 Å². The minimum atomic E-state index is -0.577. The van der Waals surface area contributed by atoms with Gasteiger partial charge in [-0.15, -0.1) is 0 Å². The zero-order valence-electron chi connectivity index (χ0n) is 17.3. The summed E-state index contributed by atoms with van der Waals surface area (Å²) in [6.07, 6.45) is 0. The number of benzene rings is 3. The molecule has 0 radical (unpaired) electrons. The second-order valence-corrected chi connectivity index (χ2v) is 7.43. The highest BCUT2D eigenvalue weighted by atomic mass is 32.1. The summed E-state index contributed by atoms with van der Waals surface area (Å²) in [6, 6.07) is 21.9.